The summed E-state index contributed by atoms with van der Waals surface area (Å²) in [5, 5.41) is 7.12. The summed E-state index contributed by atoms with van der Waals surface area (Å²) in [6.45, 7) is 4.80. The molecular weight excluding hydrogens is 413 g/mol. The number of carbonyl (C=O) groups is 2. The Bertz CT molecular complexity index is 738. The molecule has 6 nitrogen and oxygen atoms in total. The maximum absolute atomic E-state index is 12.6. The Labute approximate surface area is 180 Å². The van der Waals surface area contributed by atoms with Gasteiger partial charge < -0.3 is 14.7 Å². The van der Waals surface area contributed by atoms with E-state index in [4.69, 9.17) is 14.6 Å². The Morgan fingerprint density at radius 1 is 1.06 bits per heavy atom. The standard InChI is InChI=1S/C20H28N2O2.C2HF3O2/c23-20-7-6-18-19(22(20)15-17-9-12-24-13-10-17)8-11-21(18)14-16-4-2-1-3-5-16;3-2(4,5)1(6)7/h1-5,17-19H,6-15H2;(H,6,7)/t18-,19-;/m0./s1. The predicted octanol–water partition coefficient (Wildman–Crippen LogP) is 3.31. The van der Waals surface area contributed by atoms with E-state index in [-0.39, 0.29) is 0 Å². The molecule has 3 fully saturated rings. The van der Waals surface area contributed by atoms with Gasteiger partial charge >= 0.3 is 12.1 Å². The lowest BCUT2D eigenvalue weighted by molar-refractivity contribution is -0.192. The molecule has 1 amide bonds. The lowest BCUT2D eigenvalue weighted by Gasteiger charge is -2.42. The maximum atomic E-state index is 12.6. The van der Waals surface area contributed by atoms with Crippen LogP contribution in [0.15, 0.2) is 30.3 Å². The third-order valence-corrected chi connectivity index (χ3v) is 6.27. The summed E-state index contributed by atoms with van der Waals surface area (Å²) >= 11 is 0. The predicted molar refractivity (Wildman–Crippen MR) is 107 cm³/mol. The fraction of sp³-hybridized carbons (Fsp3) is 0.636. The molecule has 31 heavy (non-hydrogen) atoms. The highest BCUT2D eigenvalue weighted by Crippen LogP contribution is 2.33. The van der Waals surface area contributed by atoms with Gasteiger partial charge in [-0.1, -0.05) is 30.3 Å². The number of carboxylic acids is 1. The number of piperidine rings is 1. The molecule has 0 radical (unpaired) electrons. The molecule has 0 saturated carbocycles. The summed E-state index contributed by atoms with van der Waals surface area (Å²) in [5.74, 6) is -1.75. The highest BCUT2D eigenvalue weighted by atomic mass is 19.4. The van der Waals surface area contributed by atoms with E-state index in [1.54, 1.807) is 0 Å². The summed E-state index contributed by atoms with van der Waals surface area (Å²) in [4.78, 5) is 26.3. The molecule has 0 unspecified atom stereocenters. The van der Waals surface area contributed by atoms with Crippen LogP contribution in [0.25, 0.3) is 0 Å². The van der Waals surface area contributed by atoms with E-state index in [0.29, 0.717) is 23.9 Å². The smallest absolute Gasteiger partial charge is 0.475 e. The van der Waals surface area contributed by atoms with Gasteiger partial charge in [-0.15, -0.1) is 0 Å². The van der Waals surface area contributed by atoms with Gasteiger partial charge in [0.25, 0.3) is 0 Å². The normalized spacial score (nSPS) is 25.0. The first-order chi connectivity index (χ1) is 14.8. The van der Waals surface area contributed by atoms with E-state index >= 15 is 0 Å². The van der Waals surface area contributed by atoms with Crippen LogP contribution in [0.4, 0.5) is 13.2 Å². The first-order valence-corrected chi connectivity index (χ1v) is 10.7. The van der Waals surface area contributed by atoms with E-state index in [9.17, 15) is 18.0 Å². The van der Waals surface area contributed by atoms with Gasteiger partial charge in [0.15, 0.2) is 0 Å². The minimum atomic E-state index is -5.08. The Hall–Kier alpha value is -2.13. The number of aliphatic carboxylic acids is 1. The highest BCUT2D eigenvalue weighted by molar-refractivity contribution is 5.77. The number of halogens is 3. The van der Waals surface area contributed by atoms with Crippen LogP contribution >= 0.6 is 0 Å². The van der Waals surface area contributed by atoms with Crippen molar-refractivity contribution in [2.24, 2.45) is 5.92 Å². The molecule has 3 aliphatic heterocycles. The number of fused-ring (bicyclic) bond motifs is 1. The Balaban J connectivity index is 0.000000339. The van der Waals surface area contributed by atoms with Crippen molar-refractivity contribution in [3.8, 4) is 0 Å². The van der Waals surface area contributed by atoms with Crippen molar-refractivity contribution in [2.75, 3.05) is 26.3 Å². The van der Waals surface area contributed by atoms with Crippen LogP contribution in [0, 0.1) is 5.92 Å². The van der Waals surface area contributed by atoms with Crippen molar-refractivity contribution >= 4 is 11.9 Å². The fourth-order valence-corrected chi connectivity index (χ4v) is 4.70. The molecule has 3 aliphatic rings. The van der Waals surface area contributed by atoms with Crippen LogP contribution in [-0.4, -0.2) is 71.3 Å². The van der Waals surface area contributed by atoms with Crippen molar-refractivity contribution < 1.29 is 32.6 Å². The number of carboxylic acid groups (broad SMARTS) is 1. The summed E-state index contributed by atoms with van der Waals surface area (Å²) in [6, 6.07) is 11.7. The van der Waals surface area contributed by atoms with Crippen LogP contribution in [0.2, 0.25) is 0 Å². The van der Waals surface area contributed by atoms with E-state index < -0.39 is 12.1 Å². The van der Waals surface area contributed by atoms with Gasteiger partial charge in [0.1, 0.15) is 0 Å². The molecule has 1 aromatic carbocycles. The SMILES string of the molecule is O=C(O)C(F)(F)F.O=C1CC[C@H]2[C@H](CCN2Cc2ccccc2)N1CC1CCOCC1. The van der Waals surface area contributed by atoms with Gasteiger partial charge in [-0.3, -0.25) is 9.69 Å². The van der Waals surface area contributed by atoms with Gasteiger partial charge in [0.2, 0.25) is 5.91 Å². The van der Waals surface area contributed by atoms with Crippen LogP contribution in [0.3, 0.4) is 0 Å². The number of rotatable bonds is 4. The second-order valence-corrected chi connectivity index (χ2v) is 8.32. The molecule has 0 aromatic heterocycles. The molecule has 1 aromatic rings. The minimum Gasteiger partial charge on any atom is -0.475 e. The number of ether oxygens (including phenoxy) is 1. The van der Waals surface area contributed by atoms with E-state index in [2.05, 4.69) is 40.1 Å². The lowest BCUT2D eigenvalue weighted by Crippen LogP contribution is -2.53. The Morgan fingerprint density at radius 2 is 1.71 bits per heavy atom. The Morgan fingerprint density at radius 3 is 2.32 bits per heavy atom. The molecule has 2 atom stereocenters. The molecule has 0 spiro atoms. The number of amides is 1. The third kappa shape index (κ3) is 6.43. The lowest BCUT2D eigenvalue weighted by atomic mass is 9.92. The van der Waals surface area contributed by atoms with Crippen LogP contribution in [0.5, 0.6) is 0 Å². The summed E-state index contributed by atoms with van der Waals surface area (Å²) in [7, 11) is 0. The molecular formula is C22H29F3N2O4. The van der Waals surface area contributed by atoms with Crippen molar-refractivity contribution in [2.45, 2.75) is 56.9 Å². The number of hydrogen-bond donors (Lipinski definition) is 1. The molecule has 4 rings (SSSR count). The van der Waals surface area contributed by atoms with Gasteiger partial charge in [0, 0.05) is 51.4 Å². The molecule has 3 heterocycles. The fourth-order valence-electron chi connectivity index (χ4n) is 4.70. The summed E-state index contributed by atoms with van der Waals surface area (Å²) < 4.78 is 37.2. The second-order valence-electron chi connectivity index (χ2n) is 8.32. The van der Waals surface area contributed by atoms with E-state index in [1.807, 2.05) is 0 Å². The minimum absolute atomic E-state index is 0.379. The number of likely N-dealkylation sites (tertiary alicyclic amines) is 2. The maximum Gasteiger partial charge on any atom is 0.490 e. The number of benzene rings is 1. The number of carbonyl (C=O) groups excluding carboxylic acids is 1. The van der Waals surface area contributed by atoms with Crippen LogP contribution in [0.1, 0.15) is 37.7 Å². The van der Waals surface area contributed by atoms with Gasteiger partial charge in [-0.2, -0.15) is 13.2 Å². The molecule has 3 saturated heterocycles. The average Bonchev–Trinajstić information content (AvgIpc) is 3.14. The molecule has 172 valence electrons. The summed E-state index contributed by atoms with van der Waals surface area (Å²) in [6.07, 6.45) is 0.00649. The highest BCUT2D eigenvalue weighted by Gasteiger charge is 2.43. The van der Waals surface area contributed by atoms with Crippen LogP contribution in [-0.2, 0) is 20.9 Å². The van der Waals surface area contributed by atoms with E-state index in [1.165, 1.54) is 5.56 Å². The first-order valence-electron chi connectivity index (χ1n) is 10.7. The molecule has 0 bridgehead atoms. The van der Waals surface area contributed by atoms with Gasteiger partial charge in [-0.25, -0.2) is 4.79 Å². The second kappa shape index (κ2) is 10.5. The quantitative estimate of drug-likeness (QED) is 0.775. The van der Waals surface area contributed by atoms with E-state index in [0.717, 1.165) is 65.0 Å². The molecule has 0 aliphatic carbocycles. The van der Waals surface area contributed by atoms with Crippen molar-refractivity contribution in [1.82, 2.24) is 9.80 Å². The third-order valence-electron chi connectivity index (χ3n) is 6.27. The van der Waals surface area contributed by atoms with Crippen molar-refractivity contribution in [3.05, 3.63) is 35.9 Å². The number of hydrogen-bond acceptors (Lipinski definition) is 4. The van der Waals surface area contributed by atoms with Crippen LogP contribution < -0.4 is 0 Å². The summed E-state index contributed by atoms with van der Waals surface area (Å²) in [5.41, 5.74) is 1.38. The monoisotopic (exact) mass is 442 g/mol. The number of nitrogens with zero attached hydrogens (tertiary/aromatic N) is 2. The zero-order valence-corrected chi connectivity index (χ0v) is 17.4. The topological polar surface area (TPSA) is 70.1 Å². The Kier molecular flexibility index (Phi) is 7.94. The zero-order valence-electron chi connectivity index (χ0n) is 17.4. The first kappa shape index (κ1) is 23.5. The largest absolute Gasteiger partial charge is 0.490 e. The van der Waals surface area contributed by atoms with Gasteiger partial charge in [-0.05, 0) is 37.2 Å². The van der Waals surface area contributed by atoms with Gasteiger partial charge in [0.05, 0.1) is 0 Å². The zero-order chi connectivity index (χ0) is 22.4. The average molecular weight is 442 g/mol. The molecule has 9 heteroatoms. The molecule has 1 N–H and O–H groups in total. The van der Waals surface area contributed by atoms with Crippen molar-refractivity contribution in [1.29, 1.82) is 0 Å². The number of alkyl halides is 3. The van der Waals surface area contributed by atoms with Crippen molar-refractivity contribution in [3.63, 3.8) is 0 Å².